The molecule has 0 aromatic heterocycles. The van der Waals surface area contributed by atoms with Gasteiger partial charge in [0.1, 0.15) is 0 Å². The Kier molecular flexibility index (Phi) is 6.15. The Morgan fingerprint density at radius 1 is 1.33 bits per heavy atom. The van der Waals surface area contributed by atoms with Crippen LogP contribution in [0.1, 0.15) is 26.3 Å². The summed E-state index contributed by atoms with van der Waals surface area (Å²) in [5.74, 6) is 0.520. The Bertz CT molecular complexity index is 363. The first-order chi connectivity index (χ1) is 8.40. The van der Waals surface area contributed by atoms with Gasteiger partial charge in [-0.2, -0.15) is 0 Å². The van der Waals surface area contributed by atoms with Crippen LogP contribution in [0.3, 0.4) is 0 Å². The van der Waals surface area contributed by atoms with E-state index in [1.807, 2.05) is 12.1 Å². The van der Waals surface area contributed by atoms with Gasteiger partial charge in [-0.1, -0.05) is 12.1 Å². The molecule has 0 fully saturated rings. The highest BCUT2D eigenvalue weighted by Gasteiger charge is 2.09. The third-order valence-electron chi connectivity index (χ3n) is 2.37. The summed E-state index contributed by atoms with van der Waals surface area (Å²) in [6.07, 6.45) is -0.647. The second-order valence-electron chi connectivity index (χ2n) is 5.40. The van der Waals surface area contributed by atoms with Crippen molar-refractivity contribution < 1.29 is 10.2 Å². The summed E-state index contributed by atoms with van der Waals surface area (Å²) >= 11 is 1.56. The first-order valence-electron chi connectivity index (χ1n) is 6.16. The molecule has 3 N–H and O–H groups in total. The Morgan fingerprint density at radius 3 is 2.67 bits per heavy atom. The molecule has 0 saturated heterocycles. The van der Waals surface area contributed by atoms with Crippen LogP contribution in [-0.2, 0) is 6.54 Å². The summed E-state index contributed by atoms with van der Waals surface area (Å²) in [4.78, 5) is 1.12. The van der Waals surface area contributed by atoms with E-state index < -0.39 is 6.10 Å². The van der Waals surface area contributed by atoms with E-state index in [2.05, 4.69) is 38.2 Å². The summed E-state index contributed by atoms with van der Waals surface area (Å²) < 4.78 is 0. The quantitative estimate of drug-likeness (QED) is 0.692. The summed E-state index contributed by atoms with van der Waals surface area (Å²) in [5.41, 5.74) is 1.34. The van der Waals surface area contributed by atoms with Gasteiger partial charge < -0.3 is 15.5 Å². The van der Waals surface area contributed by atoms with Crippen molar-refractivity contribution in [2.24, 2.45) is 0 Å². The van der Waals surface area contributed by atoms with E-state index in [9.17, 15) is 5.11 Å². The monoisotopic (exact) mass is 269 g/mol. The topological polar surface area (TPSA) is 52.5 Å². The molecule has 1 atom stereocenters. The van der Waals surface area contributed by atoms with Crippen molar-refractivity contribution in [3.05, 3.63) is 29.8 Å². The van der Waals surface area contributed by atoms with E-state index in [0.29, 0.717) is 5.75 Å². The third-order valence-corrected chi connectivity index (χ3v) is 3.51. The maximum atomic E-state index is 9.32. The zero-order valence-corrected chi connectivity index (χ0v) is 12.1. The van der Waals surface area contributed by atoms with Crippen LogP contribution in [0.5, 0.6) is 0 Å². The average Bonchev–Trinajstić information content (AvgIpc) is 2.33. The lowest BCUT2D eigenvalue weighted by atomic mass is 10.1. The fourth-order valence-corrected chi connectivity index (χ4v) is 2.26. The summed E-state index contributed by atoms with van der Waals surface area (Å²) in [7, 11) is 0. The first kappa shape index (κ1) is 15.5. The van der Waals surface area contributed by atoms with Crippen molar-refractivity contribution in [3.63, 3.8) is 0 Å². The Labute approximate surface area is 114 Å². The SMILES string of the molecule is CC(C)(C)NCc1cccc(SCC(O)CO)c1. The summed E-state index contributed by atoms with van der Waals surface area (Å²) in [6, 6.07) is 8.25. The minimum atomic E-state index is -0.647. The Balaban J connectivity index is 2.51. The molecule has 18 heavy (non-hydrogen) atoms. The van der Waals surface area contributed by atoms with E-state index in [4.69, 9.17) is 5.11 Å². The van der Waals surface area contributed by atoms with E-state index in [0.717, 1.165) is 11.4 Å². The normalized spacial score (nSPS) is 13.6. The van der Waals surface area contributed by atoms with E-state index in [1.54, 1.807) is 11.8 Å². The molecule has 0 spiro atoms. The van der Waals surface area contributed by atoms with Crippen molar-refractivity contribution in [1.29, 1.82) is 0 Å². The molecule has 3 nitrogen and oxygen atoms in total. The Hall–Kier alpha value is -0.550. The van der Waals surface area contributed by atoms with Gasteiger partial charge in [-0.05, 0) is 38.5 Å². The van der Waals surface area contributed by atoms with E-state index in [1.165, 1.54) is 5.56 Å². The molecular formula is C14H23NO2S. The number of benzene rings is 1. The largest absolute Gasteiger partial charge is 0.394 e. The minimum Gasteiger partial charge on any atom is -0.394 e. The lowest BCUT2D eigenvalue weighted by Crippen LogP contribution is -2.35. The molecule has 1 aromatic carbocycles. The number of nitrogens with one attached hydrogen (secondary N) is 1. The van der Waals surface area contributed by atoms with Crippen LogP contribution in [0.4, 0.5) is 0 Å². The highest BCUT2D eigenvalue weighted by molar-refractivity contribution is 7.99. The molecule has 4 heteroatoms. The molecule has 0 heterocycles. The maximum absolute atomic E-state index is 9.32. The van der Waals surface area contributed by atoms with Gasteiger partial charge >= 0.3 is 0 Å². The molecule has 1 unspecified atom stereocenters. The average molecular weight is 269 g/mol. The van der Waals surface area contributed by atoms with Crippen LogP contribution >= 0.6 is 11.8 Å². The zero-order valence-electron chi connectivity index (χ0n) is 11.3. The number of aliphatic hydroxyl groups excluding tert-OH is 2. The van der Waals surface area contributed by atoms with Crippen molar-refractivity contribution in [2.45, 2.75) is 43.9 Å². The van der Waals surface area contributed by atoms with E-state index >= 15 is 0 Å². The molecular weight excluding hydrogens is 246 g/mol. The van der Waals surface area contributed by atoms with Crippen LogP contribution in [0.15, 0.2) is 29.2 Å². The Morgan fingerprint density at radius 2 is 2.06 bits per heavy atom. The predicted molar refractivity (Wildman–Crippen MR) is 76.9 cm³/mol. The summed E-state index contributed by atoms with van der Waals surface area (Å²) in [6.45, 7) is 7.08. The molecule has 0 bridgehead atoms. The maximum Gasteiger partial charge on any atom is 0.0864 e. The second-order valence-corrected chi connectivity index (χ2v) is 6.49. The molecule has 0 aliphatic carbocycles. The first-order valence-corrected chi connectivity index (χ1v) is 7.15. The molecule has 0 aliphatic rings. The zero-order chi connectivity index (χ0) is 13.6. The molecule has 1 aromatic rings. The van der Waals surface area contributed by atoms with Crippen LogP contribution in [0.25, 0.3) is 0 Å². The van der Waals surface area contributed by atoms with Gasteiger partial charge in [-0.3, -0.25) is 0 Å². The molecule has 0 saturated carbocycles. The second kappa shape index (κ2) is 7.14. The fraction of sp³-hybridized carbons (Fsp3) is 0.571. The smallest absolute Gasteiger partial charge is 0.0864 e. The van der Waals surface area contributed by atoms with Gasteiger partial charge in [0.15, 0.2) is 0 Å². The molecule has 1 rings (SSSR count). The number of rotatable bonds is 6. The highest BCUT2D eigenvalue weighted by atomic mass is 32.2. The lowest BCUT2D eigenvalue weighted by Gasteiger charge is -2.20. The molecule has 102 valence electrons. The number of thioether (sulfide) groups is 1. The van der Waals surface area contributed by atoms with Gasteiger partial charge in [-0.25, -0.2) is 0 Å². The predicted octanol–water partition coefficient (Wildman–Crippen LogP) is 2.02. The number of hydrogen-bond donors (Lipinski definition) is 3. The fourth-order valence-electron chi connectivity index (χ4n) is 1.36. The van der Waals surface area contributed by atoms with Crippen LogP contribution in [0.2, 0.25) is 0 Å². The van der Waals surface area contributed by atoms with Crippen LogP contribution in [0, 0.1) is 0 Å². The third kappa shape index (κ3) is 6.40. The number of aliphatic hydroxyl groups is 2. The van der Waals surface area contributed by atoms with Gasteiger partial charge in [-0.15, -0.1) is 11.8 Å². The lowest BCUT2D eigenvalue weighted by molar-refractivity contribution is 0.113. The van der Waals surface area contributed by atoms with Gasteiger partial charge in [0.2, 0.25) is 0 Å². The van der Waals surface area contributed by atoms with Gasteiger partial charge in [0, 0.05) is 22.7 Å². The molecule has 0 amide bonds. The van der Waals surface area contributed by atoms with Crippen molar-refractivity contribution in [1.82, 2.24) is 5.32 Å². The van der Waals surface area contributed by atoms with Crippen molar-refractivity contribution >= 4 is 11.8 Å². The molecule has 0 radical (unpaired) electrons. The highest BCUT2D eigenvalue weighted by Crippen LogP contribution is 2.20. The van der Waals surface area contributed by atoms with Crippen molar-refractivity contribution in [2.75, 3.05) is 12.4 Å². The van der Waals surface area contributed by atoms with E-state index in [-0.39, 0.29) is 12.1 Å². The van der Waals surface area contributed by atoms with Crippen molar-refractivity contribution in [3.8, 4) is 0 Å². The molecule has 0 aliphatic heterocycles. The van der Waals surface area contributed by atoms with Crippen LogP contribution < -0.4 is 5.32 Å². The number of hydrogen-bond acceptors (Lipinski definition) is 4. The standard InChI is InChI=1S/C14H23NO2S/c1-14(2,3)15-8-11-5-4-6-13(7-11)18-10-12(17)9-16/h4-7,12,15-17H,8-10H2,1-3H3. The minimum absolute atomic E-state index is 0.107. The van der Waals surface area contributed by atoms with Crippen LogP contribution in [-0.4, -0.2) is 34.2 Å². The van der Waals surface area contributed by atoms with Gasteiger partial charge in [0.25, 0.3) is 0 Å². The van der Waals surface area contributed by atoms with Gasteiger partial charge in [0.05, 0.1) is 12.7 Å². The summed E-state index contributed by atoms with van der Waals surface area (Å²) in [5, 5.41) is 21.5.